The minimum absolute atomic E-state index is 0.360. The number of benzene rings is 1. The van der Waals surface area contributed by atoms with Gasteiger partial charge in [-0.3, -0.25) is 0 Å². The van der Waals surface area contributed by atoms with Crippen LogP contribution in [0.3, 0.4) is 0 Å². The first kappa shape index (κ1) is 17.1. The number of methoxy groups -OCH3 is 1. The minimum atomic E-state index is -0.406. The lowest BCUT2D eigenvalue weighted by Crippen LogP contribution is -2.41. The van der Waals surface area contributed by atoms with Gasteiger partial charge in [0.15, 0.2) is 0 Å². The van der Waals surface area contributed by atoms with Crippen molar-refractivity contribution in [1.82, 2.24) is 0 Å². The van der Waals surface area contributed by atoms with Crippen LogP contribution in [0, 0.1) is 6.92 Å². The lowest BCUT2D eigenvalue weighted by atomic mass is 9.77. The molecule has 0 aromatic heterocycles. The summed E-state index contributed by atoms with van der Waals surface area (Å²) in [6.45, 7) is 10.6. The zero-order chi connectivity index (χ0) is 16.5. The molecule has 1 fully saturated rings. The van der Waals surface area contributed by atoms with Gasteiger partial charge in [-0.05, 0) is 63.4 Å². The number of rotatable bonds is 4. The maximum atomic E-state index is 6.08. The van der Waals surface area contributed by atoms with E-state index in [0.29, 0.717) is 6.54 Å². The Morgan fingerprint density at radius 2 is 1.82 bits per heavy atom. The van der Waals surface area contributed by atoms with E-state index in [4.69, 9.17) is 19.8 Å². The molecular formula is C17H26BNO3. The van der Waals surface area contributed by atoms with Crippen LogP contribution in [-0.4, -0.2) is 32.0 Å². The van der Waals surface area contributed by atoms with Crippen molar-refractivity contribution in [2.24, 2.45) is 5.73 Å². The van der Waals surface area contributed by atoms with Gasteiger partial charge in [-0.15, -0.1) is 0 Å². The molecule has 120 valence electrons. The second-order valence-corrected chi connectivity index (χ2v) is 6.73. The highest BCUT2D eigenvalue weighted by molar-refractivity contribution is 6.55. The fourth-order valence-corrected chi connectivity index (χ4v) is 2.35. The average molecular weight is 303 g/mol. The van der Waals surface area contributed by atoms with E-state index in [1.165, 1.54) is 0 Å². The lowest BCUT2D eigenvalue weighted by Gasteiger charge is -2.32. The third kappa shape index (κ3) is 3.22. The minimum Gasteiger partial charge on any atom is -0.497 e. The van der Waals surface area contributed by atoms with Gasteiger partial charge in [0.2, 0.25) is 0 Å². The normalized spacial score (nSPS) is 20.3. The summed E-state index contributed by atoms with van der Waals surface area (Å²) in [7, 11) is 1.26. The Hall–Kier alpha value is -1.30. The van der Waals surface area contributed by atoms with Crippen molar-refractivity contribution in [2.75, 3.05) is 13.7 Å². The Bertz CT molecular complexity index is 565. The topological polar surface area (TPSA) is 53.7 Å². The Labute approximate surface area is 133 Å². The van der Waals surface area contributed by atoms with E-state index in [9.17, 15) is 0 Å². The summed E-state index contributed by atoms with van der Waals surface area (Å²) in [5, 5.41) is 0. The maximum Gasteiger partial charge on any atom is 0.491 e. The number of hydrogen-bond acceptors (Lipinski definition) is 4. The van der Waals surface area contributed by atoms with Crippen molar-refractivity contribution in [3.8, 4) is 5.75 Å². The molecular weight excluding hydrogens is 277 g/mol. The molecule has 1 aromatic carbocycles. The number of nitrogens with two attached hydrogens (primary N) is 1. The summed E-state index contributed by atoms with van der Waals surface area (Å²) in [6.07, 6.45) is 2.05. The van der Waals surface area contributed by atoms with Crippen LogP contribution in [0.4, 0.5) is 0 Å². The first-order valence-corrected chi connectivity index (χ1v) is 7.61. The molecule has 1 aliphatic heterocycles. The molecule has 1 aromatic rings. The van der Waals surface area contributed by atoms with Crippen molar-refractivity contribution < 1.29 is 14.0 Å². The zero-order valence-electron chi connectivity index (χ0n) is 14.4. The summed E-state index contributed by atoms with van der Waals surface area (Å²) in [5.74, 6) is 0.847. The molecule has 1 aliphatic rings. The maximum absolute atomic E-state index is 6.08. The van der Waals surface area contributed by atoms with Gasteiger partial charge in [0.1, 0.15) is 5.75 Å². The van der Waals surface area contributed by atoms with E-state index in [1.54, 1.807) is 7.11 Å². The quantitative estimate of drug-likeness (QED) is 0.869. The van der Waals surface area contributed by atoms with Crippen LogP contribution < -0.4 is 10.5 Å². The summed E-state index contributed by atoms with van der Waals surface area (Å²) in [6, 6.07) is 5.97. The Morgan fingerprint density at radius 1 is 1.23 bits per heavy atom. The molecule has 1 heterocycles. The predicted molar refractivity (Wildman–Crippen MR) is 90.8 cm³/mol. The van der Waals surface area contributed by atoms with Gasteiger partial charge in [0.25, 0.3) is 0 Å². The van der Waals surface area contributed by atoms with Gasteiger partial charge in [-0.1, -0.05) is 12.1 Å². The molecule has 2 rings (SSSR count). The van der Waals surface area contributed by atoms with E-state index >= 15 is 0 Å². The van der Waals surface area contributed by atoms with Crippen LogP contribution in [0.5, 0.6) is 5.75 Å². The SMILES string of the molecule is COc1ccc(C=C(CN)B2OC(C)(C)C(C)(C)O2)c(C)c1. The van der Waals surface area contributed by atoms with E-state index in [0.717, 1.165) is 22.3 Å². The molecule has 0 bridgehead atoms. The summed E-state index contributed by atoms with van der Waals surface area (Å²) < 4.78 is 17.4. The molecule has 0 spiro atoms. The zero-order valence-corrected chi connectivity index (χ0v) is 14.4. The van der Waals surface area contributed by atoms with Gasteiger partial charge < -0.3 is 19.8 Å². The molecule has 5 heteroatoms. The number of aryl methyl sites for hydroxylation is 1. The first-order valence-electron chi connectivity index (χ1n) is 7.61. The number of ether oxygens (including phenoxy) is 1. The van der Waals surface area contributed by atoms with Crippen LogP contribution >= 0.6 is 0 Å². The van der Waals surface area contributed by atoms with Gasteiger partial charge in [0.05, 0.1) is 18.3 Å². The smallest absolute Gasteiger partial charge is 0.491 e. The van der Waals surface area contributed by atoms with E-state index in [2.05, 4.69) is 6.08 Å². The van der Waals surface area contributed by atoms with Crippen LogP contribution in [0.2, 0.25) is 0 Å². The summed E-state index contributed by atoms with van der Waals surface area (Å²) in [5.41, 5.74) is 8.37. The third-order valence-corrected chi connectivity index (χ3v) is 4.61. The van der Waals surface area contributed by atoms with Crippen LogP contribution in [0.25, 0.3) is 6.08 Å². The molecule has 0 atom stereocenters. The molecule has 1 saturated heterocycles. The highest BCUT2D eigenvalue weighted by Crippen LogP contribution is 2.38. The van der Waals surface area contributed by atoms with Crippen molar-refractivity contribution >= 4 is 13.2 Å². The molecule has 22 heavy (non-hydrogen) atoms. The largest absolute Gasteiger partial charge is 0.497 e. The van der Waals surface area contributed by atoms with Crippen molar-refractivity contribution in [1.29, 1.82) is 0 Å². The molecule has 0 saturated carbocycles. The Morgan fingerprint density at radius 3 is 2.27 bits per heavy atom. The highest BCUT2D eigenvalue weighted by atomic mass is 16.7. The van der Waals surface area contributed by atoms with E-state index < -0.39 is 7.12 Å². The second-order valence-electron chi connectivity index (χ2n) is 6.73. The average Bonchev–Trinajstić information content (AvgIpc) is 2.65. The fraction of sp³-hybridized carbons (Fsp3) is 0.529. The van der Waals surface area contributed by atoms with Crippen LogP contribution in [0.1, 0.15) is 38.8 Å². The molecule has 0 unspecified atom stereocenters. The second kappa shape index (κ2) is 6.07. The summed E-state index contributed by atoms with van der Waals surface area (Å²) >= 11 is 0. The van der Waals surface area contributed by atoms with E-state index in [1.807, 2.05) is 52.8 Å². The lowest BCUT2D eigenvalue weighted by molar-refractivity contribution is 0.00578. The van der Waals surface area contributed by atoms with Crippen molar-refractivity contribution in [3.63, 3.8) is 0 Å². The van der Waals surface area contributed by atoms with Gasteiger partial charge >= 0.3 is 7.12 Å². The van der Waals surface area contributed by atoms with Gasteiger partial charge in [-0.2, -0.15) is 0 Å². The highest BCUT2D eigenvalue weighted by Gasteiger charge is 2.52. The van der Waals surface area contributed by atoms with Crippen LogP contribution in [-0.2, 0) is 9.31 Å². The molecule has 0 amide bonds. The Kier molecular flexibility index (Phi) is 4.71. The van der Waals surface area contributed by atoms with Crippen molar-refractivity contribution in [2.45, 2.75) is 45.8 Å². The molecule has 0 radical (unpaired) electrons. The van der Waals surface area contributed by atoms with Gasteiger partial charge in [-0.25, -0.2) is 0 Å². The monoisotopic (exact) mass is 303 g/mol. The predicted octanol–water partition coefficient (Wildman–Crippen LogP) is 2.98. The molecule has 4 nitrogen and oxygen atoms in total. The van der Waals surface area contributed by atoms with Crippen LogP contribution in [0.15, 0.2) is 23.7 Å². The molecule has 0 aliphatic carbocycles. The molecule has 2 N–H and O–H groups in total. The standard InChI is InChI=1S/C17H26BNO3/c1-12-9-15(20-6)8-7-13(12)10-14(11-19)18-21-16(2,3)17(4,5)22-18/h7-10H,11,19H2,1-6H3. The third-order valence-electron chi connectivity index (χ3n) is 4.61. The summed E-state index contributed by atoms with van der Waals surface area (Å²) in [4.78, 5) is 0. The first-order chi connectivity index (χ1) is 10.2. The van der Waals surface area contributed by atoms with Gasteiger partial charge in [0, 0.05) is 6.54 Å². The number of hydrogen-bond donors (Lipinski definition) is 1. The van der Waals surface area contributed by atoms with Crippen molar-refractivity contribution in [3.05, 3.63) is 34.8 Å². The fourth-order valence-electron chi connectivity index (χ4n) is 2.35. The Balaban J connectivity index is 2.29. The van der Waals surface area contributed by atoms with E-state index in [-0.39, 0.29) is 11.2 Å².